The number of sulfonamides is 1. The van der Waals surface area contributed by atoms with E-state index in [-0.39, 0.29) is 10.8 Å². The molecule has 190 valence electrons. The molecule has 5 nitrogen and oxygen atoms in total. The van der Waals surface area contributed by atoms with E-state index in [1.165, 1.54) is 5.56 Å². The van der Waals surface area contributed by atoms with Crippen LogP contribution in [-0.2, 0) is 27.7 Å². The molecule has 1 saturated heterocycles. The first kappa shape index (κ1) is 26.1. The van der Waals surface area contributed by atoms with Crippen LogP contribution < -0.4 is 4.72 Å². The third kappa shape index (κ3) is 6.42. The zero-order valence-electron chi connectivity index (χ0n) is 21.4. The SMILES string of the molecule is Cc1cc(C)c(S(=O)(=O)N[C@@H](Cc2ccccc2)C(=O)N2CCC(Cc3ccccc3)CC2)c(C)c1. The van der Waals surface area contributed by atoms with E-state index in [2.05, 4.69) is 29.0 Å². The second kappa shape index (κ2) is 11.4. The third-order valence-electron chi connectivity index (χ3n) is 7.04. The van der Waals surface area contributed by atoms with Gasteiger partial charge in [-0.1, -0.05) is 78.4 Å². The minimum atomic E-state index is -3.89. The molecule has 1 N–H and O–H groups in total. The Bertz CT molecular complexity index is 1260. The van der Waals surface area contributed by atoms with Gasteiger partial charge in [-0.15, -0.1) is 0 Å². The molecule has 1 amide bonds. The van der Waals surface area contributed by atoms with Gasteiger partial charge in [-0.05, 0) is 74.6 Å². The lowest BCUT2D eigenvalue weighted by molar-refractivity contribution is -0.134. The van der Waals surface area contributed by atoms with Crippen molar-refractivity contribution in [3.8, 4) is 0 Å². The van der Waals surface area contributed by atoms with Crippen LogP contribution in [0.2, 0.25) is 0 Å². The van der Waals surface area contributed by atoms with Crippen molar-refractivity contribution in [3.05, 3.63) is 101 Å². The highest BCUT2D eigenvalue weighted by Gasteiger charge is 2.33. The molecule has 1 fully saturated rings. The van der Waals surface area contributed by atoms with Gasteiger partial charge in [0, 0.05) is 13.1 Å². The van der Waals surface area contributed by atoms with Gasteiger partial charge in [0.2, 0.25) is 15.9 Å². The van der Waals surface area contributed by atoms with Crippen LogP contribution in [0.4, 0.5) is 0 Å². The molecule has 0 unspecified atom stereocenters. The molecule has 1 aliphatic rings. The largest absolute Gasteiger partial charge is 0.341 e. The van der Waals surface area contributed by atoms with Crippen LogP contribution in [0.25, 0.3) is 0 Å². The summed E-state index contributed by atoms with van der Waals surface area (Å²) in [7, 11) is -3.89. The number of carbonyl (C=O) groups excluding carboxylic acids is 1. The Morgan fingerprint density at radius 3 is 1.97 bits per heavy atom. The molecule has 0 aliphatic carbocycles. The van der Waals surface area contributed by atoms with Crippen molar-refractivity contribution >= 4 is 15.9 Å². The third-order valence-corrected chi connectivity index (χ3v) is 8.82. The molecule has 0 saturated carbocycles. The minimum absolute atomic E-state index is 0.150. The summed E-state index contributed by atoms with van der Waals surface area (Å²) in [6.07, 6.45) is 3.16. The molecule has 1 atom stereocenters. The molecule has 0 aromatic heterocycles. The number of hydrogen-bond donors (Lipinski definition) is 1. The lowest BCUT2D eigenvalue weighted by atomic mass is 9.90. The van der Waals surface area contributed by atoms with Crippen molar-refractivity contribution in [1.82, 2.24) is 9.62 Å². The number of nitrogens with one attached hydrogen (secondary N) is 1. The molecule has 3 aromatic carbocycles. The summed E-state index contributed by atoms with van der Waals surface area (Å²) in [6.45, 7) is 6.85. The molecule has 36 heavy (non-hydrogen) atoms. The average Bonchev–Trinajstić information content (AvgIpc) is 2.84. The molecular formula is C30H36N2O3S. The van der Waals surface area contributed by atoms with Crippen molar-refractivity contribution < 1.29 is 13.2 Å². The predicted molar refractivity (Wildman–Crippen MR) is 144 cm³/mol. The van der Waals surface area contributed by atoms with Gasteiger partial charge in [-0.25, -0.2) is 8.42 Å². The Kier molecular flexibility index (Phi) is 8.27. The fourth-order valence-electron chi connectivity index (χ4n) is 5.39. The van der Waals surface area contributed by atoms with E-state index in [0.29, 0.717) is 36.6 Å². The van der Waals surface area contributed by atoms with E-state index in [9.17, 15) is 13.2 Å². The molecule has 3 aromatic rings. The number of carbonyl (C=O) groups is 1. The number of likely N-dealkylation sites (tertiary alicyclic amines) is 1. The van der Waals surface area contributed by atoms with Crippen molar-refractivity contribution in [3.63, 3.8) is 0 Å². The lowest BCUT2D eigenvalue weighted by Crippen LogP contribution is -2.51. The van der Waals surface area contributed by atoms with Crippen molar-refractivity contribution in [2.75, 3.05) is 13.1 Å². The van der Waals surface area contributed by atoms with E-state index in [1.54, 1.807) is 13.8 Å². The number of amides is 1. The highest BCUT2D eigenvalue weighted by Crippen LogP contribution is 2.25. The molecule has 0 spiro atoms. The van der Waals surface area contributed by atoms with Gasteiger partial charge >= 0.3 is 0 Å². The monoisotopic (exact) mass is 504 g/mol. The Morgan fingerprint density at radius 2 is 1.42 bits per heavy atom. The van der Waals surface area contributed by atoms with Crippen LogP contribution in [0.3, 0.4) is 0 Å². The highest BCUT2D eigenvalue weighted by atomic mass is 32.2. The maximum atomic E-state index is 13.7. The molecule has 0 bridgehead atoms. The van der Waals surface area contributed by atoms with Gasteiger partial charge < -0.3 is 4.90 Å². The summed E-state index contributed by atoms with van der Waals surface area (Å²) in [5.41, 5.74) is 4.63. The van der Waals surface area contributed by atoms with Gasteiger partial charge in [-0.2, -0.15) is 4.72 Å². The Balaban J connectivity index is 1.51. The standard InChI is InChI=1S/C30H36N2O3S/c1-22-18-23(2)29(24(3)19-22)36(34,35)31-28(21-26-12-8-5-9-13-26)30(33)32-16-14-27(15-17-32)20-25-10-6-4-7-11-25/h4-13,18-19,27-28,31H,14-17,20-21H2,1-3H3/t28-/m0/s1. The van der Waals surface area contributed by atoms with E-state index >= 15 is 0 Å². The van der Waals surface area contributed by atoms with Crippen molar-refractivity contribution in [2.24, 2.45) is 5.92 Å². The van der Waals surface area contributed by atoms with Gasteiger partial charge in [0.1, 0.15) is 6.04 Å². The number of piperidine rings is 1. The zero-order chi connectivity index (χ0) is 25.7. The van der Waals surface area contributed by atoms with Crippen LogP contribution in [-0.4, -0.2) is 38.4 Å². The summed E-state index contributed by atoms with van der Waals surface area (Å²) in [5, 5.41) is 0. The summed E-state index contributed by atoms with van der Waals surface area (Å²) in [4.78, 5) is 15.8. The number of hydrogen-bond acceptors (Lipinski definition) is 3. The highest BCUT2D eigenvalue weighted by molar-refractivity contribution is 7.89. The molecule has 0 radical (unpaired) electrons. The molecule has 6 heteroatoms. The molecule has 4 rings (SSSR count). The van der Waals surface area contributed by atoms with Crippen LogP contribution >= 0.6 is 0 Å². The summed E-state index contributed by atoms with van der Waals surface area (Å²) in [6, 6.07) is 22.9. The fraction of sp³-hybridized carbons (Fsp3) is 0.367. The first-order valence-corrected chi connectivity index (χ1v) is 14.2. The second-order valence-corrected chi connectivity index (χ2v) is 11.7. The first-order chi connectivity index (χ1) is 17.2. The molecule has 1 aliphatic heterocycles. The number of benzene rings is 3. The van der Waals surface area contributed by atoms with E-state index in [0.717, 1.165) is 30.4 Å². The lowest BCUT2D eigenvalue weighted by Gasteiger charge is -2.34. The smallest absolute Gasteiger partial charge is 0.241 e. The number of aryl methyl sites for hydroxylation is 3. The summed E-state index contributed by atoms with van der Waals surface area (Å²) in [5.74, 6) is 0.376. The molecule has 1 heterocycles. The van der Waals surface area contributed by atoms with Gasteiger partial charge in [0.15, 0.2) is 0 Å². The first-order valence-electron chi connectivity index (χ1n) is 12.7. The van der Waals surface area contributed by atoms with Crippen molar-refractivity contribution in [2.45, 2.75) is 57.4 Å². The maximum absolute atomic E-state index is 13.7. The van der Waals surface area contributed by atoms with Crippen LogP contribution in [0.5, 0.6) is 0 Å². The zero-order valence-corrected chi connectivity index (χ0v) is 22.2. The van der Waals surface area contributed by atoms with Crippen LogP contribution in [0.1, 0.15) is 40.7 Å². The predicted octanol–water partition coefficient (Wildman–Crippen LogP) is 4.98. The van der Waals surface area contributed by atoms with E-state index in [4.69, 9.17) is 0 Å². The average molecular weight is 505 g/mol. The van der Waals surface area contributed by atoms with E-state index in [1.807, 2.05) is 60.4 Å². The van der Waals surface area contributed by atoms with E-state index < -0.39 is 16.1 Å². The number of nitrogens with zero attached hydrogens (tertiary/aromatic N) is 1. The maximum Gasteiger partial charge on any atom is 0.241 e. The summed E-state index contributed by atoms with van der Waals surface area (Å²) >= 11 is 0. The second-order valence-electron chi connectivity index (χ2n) is 10.0. The Hall–Kier alpha value is -2.96. The quantitative estimate of drug-likeness (QED) is 0.470. The van der Waals surface area contributed by atoms with Crippen LogP contribution in [0.15, 0.2) is 77.7 Å². The van der Waals surface area contributed by atoms with Crippen LogP contribution in [0, 0.1) is 26.7 Å². The molecular weight excluding hydrogens is 468 g/mol. The topological polar surface area (TPSA) is 66.5 Å². The Labute approximate surface area is 215 Å². The van der Waals surface area contributed by atoms with Gasteiger partial charge in [0.05, 0.1) is 4.90 Å². The minimum Gasteiger partial charge on any atom is -0.341 e. The Morgan fingerprint density at radius 1 is 0.889 bits per heavy atom. The summed E-state index contributed by atoms with van der Waals surface area (Å²) < 4.78 is 29.9. The van der Waals surface area contributed by atoms with Gasteiger partial charge in [0.25, 0.3) is 0 Å². The fourth-order valence-corrected chi connectivity index (χ4v) is 7.03. The number of rotatable bonds is 8. The normalized spacial score (nSPS) is 15.6. The van der Waals surface area contributed by atoms with Crippen molar-refractivity contribution in [1.29, 1.82) is 0 Å². The van der Waals surface area contributed by atoms with Gasteiger partial charge in [-0.3, -0.25) is 4.79 Å².